The molecule has 1 fully saturated rings. The number of hydrogen-bond acceptors (Lipinski definition) is 6. The lowest BCUT2D eigenvalue weighted by Gasteiger charge is -2.33. The lowest BCUT2D eigenvalue weighted by atomic mass is 10.1. The topological polar surface area (TPSA) is 85.2 Å². The maximum Gasteiger partial charge on any atom is 0.410 e. The number of rotatable bonds is 3. The van der Waals surface area contributed by atoms with Crippen molar-refractivity contribution in [3.05, 3.63) is 42.4 Å². The summed E-state index contributed by atoms with van der Waals surface area (Å²) in [4.78, 5) is 23.1. The third-order valence-electron chi connectivity index (χ3n) is 5.16. The lowest BCUT2D eigenvalue weighted by Crippen LogP contribution is -2.42. The van der Waals surface area contributed by atoms with Crippen LogP contribution in [0.15, 0.2) is 36.8 Å². The zero-order valence-electron chi connectivity index (χ0n) is 17.9. The second-order valence-electron chi connectivity index (χ2n) is 8.74. The van der Waals surface area contributed by atoms with Crippen LogP contribution in [0.5, 0.6) is 0 Å². The van der Waals surface area contributed by atoms with Crippen molar-refractivity contribution >= 4 is 28.6 Å². The van der Waals surface area contributed by atoms with E-state index in [-0.39, 0.29) is 12.1 Å². The van der Waals surface area contributed by atoms with Crippen molar-refractivity contribution in [3.8, 4) is 0 Å². The van der Waals surface area contributed by atoms with Crippen molar-refractivity contribution in [2.45, 2.75) is 52.2 Å². The summed E-state index contributed by atoms with van der Waals surface area (Å²) in [5.41, 5.74) is 2.43. The van der Waals surface area contributed by atoms with E-state index < -0.39 is 5.60 Å². The highest BCUT2D eigenvalue weighted by Crippen LogP contribution is 2.25. The van der Waals surface area contributed by atoms with Gasteiger partial charge in [-0.2, -0.15) is 5.10 Å². The molecule has 0 radical (unpaired) electrons. The molecule has 4 rings (SSSR count). The molecular formula is C22H28N6O2. The first-order valence-corrected chi connectivity index (χ1v) is 10.3. The number of hydrogen-bond donors (Lipinski definition) is 1. The zero-order valence-corrected chi connectivity index (χ0v) is 17.9. The van der Waals surface area contributed by atoms with Gasteiger partial charge in [0.05, 0.1) is 23.4 Å². The first kappa shape index (κ1) is 20.1. The van der Waals surface area contributed by atoms with Gasteiger partial charge in [0, 0.05) is 30.9 Å². The molecule has 0 saturated carbocycles. The molecule has 1 aliphatic rings. The fourth-order valence-electron chi connectivity index (χ4n) is 3.64. The van der Waals surface area contributed by atoms with E-state index in [1.54, 1.807) is 11.1 Å². The Morgan fingerprint density at radius 1 is 1.20 bits per heavy atom. The van der Waals surface area contributed by atoms with Crippen LogP contribution in [0.25, 0.3) is 10.9 Å². The summed E-state index contributed by atoms with van der Waals surface area (Å²) in [5, 5.41) is 8.78. The molecule has 1 aliphatic heterocycles. The molecule has 158 valence electrons. The second kappa shape index (κ2) is 7.93. The molecule has 0 aliphatic carbocycles. The molecule has 0 atom stereocenters. The normalized spacial score (nSPS) is 15.4. The molecule has 1 aromatic carbocycles. The van der Waals surface area contributed by atoms with E-state index in [4.69, 9.17) is 4.74 Å². The van der Waals surface area contributed by atoms with E-state index in [0.29, 0.717) is 19.0 Å². The van der Waals surface area contributed by atoms with Crippen LogP contribution in [0.4, 0.5) is 16.4 Å². The Morgan fingerprint density at radius 3 is 2.70 bits per heavy atom. The van der Waals surface area contributed by atoms with Crippen LogP contribution in [0.1, 0.15) is 45.2 Å². The van der Waals surface area contributed by atoms with Crippen LogP contribution >= 0.6 is 0 Å². The average molecular weight is 409 g/mol. The van der Waals surface area contributed by atoms with Crippen molar-refractivity contribution in [3.63, 3.8) is 0 Å². The minimum absolute atomic E-state index is 0.243. The molecule has 30 heavy (non-hydrogen) atoms. The summed E-state index contributed by atoms with van der Waals surface area (Å²) < 4.78 is 7.43. The number of nitrogens with zero attached hydrogens (tertiary/aromatic N) is 5. The van der Waals surface area contributed by atoms with Gasteiger partial charge in [-0.25, -0.2) is 14.8 Å². The van der Waals surface area contributed by atoms with Crippen LogP contribution in [0.3, 0.4) is 0 Å². The van der Waals surface area contributed by atoms with Gasteiger partial charge in [0.15, 0.2) is 0 Å². The first-order valence-electron chi connectivity index (χ1n) is 10.3. The molecule has 1 saturated heterocycles. The number of nitrogens with one attached hydrogen (secondary N) is 1. The molecule has 1 N–H and O–H groups in total. The predicted molar refractivity (Wildman–Crippen MR) is 116 cm³/mol. The number of carbonyl (C=O) groups excluding carboxylic acids is 1. The third-order valence-corrected chi connectivity index (χ3v) is 5.16. The van der Waals surface area contributed by atoms with Gasteiger partial charge in [-0.1, -0.05) is 18.2 Å². The lowest BCUT2D eigenvalue weighted by molar-refractivity contribution is 0.0185. The van der Waals surface area contributed by atoms with Gasteiger partial charge in [0.25, 0.3) is 0 Å². The van der Waals surface area contributed by atoms with Crippen molar-refractivity contribution < 1.29 is 9.53 Å². The molecule has 1 amide bonds. The summed E-state index contributed by atoms with van der Waals surface area (Å²) >= 11 is 0. The third kappa shape index (κ3) is 4.53. The number of benzene rings is 1. The number of fused-ring (bicyclic) bond motifs is 1. The number of anilines is 2. The molecule has 0 spiro atoms. The smallest absolute Gasteiger partial charge is 0.410 e. The maximum absolute atomic E-state index is 12.2. The molecule has 0 bridgehead atoms. The molecule has 8 nitrogen and oxygen atoms in total. The SMILES string of the molecule is Cc1cccc2cnc(Nc3cnn(C4CCN(C(=O)OC(C)(C)C)CC4)c3)nc12. The monoisotopic (exact) mass is 408 g/mol. The number of para-hydroxylation sites is 1. The number of amides is 1. The number of aromatic nitrogens is 4. The highest BCUT2D eigenvalue weighted by molar-refractivity contribution is 5.82. The van der Waals surface area contributed by atoms with E-state index in [9.17, 15) is 4.79 Å². The highest BCUT2D eigenvalue weighted by atomic mass is 16.6. The van der Waals surface area contributed by atoms with Crippen LogP contribution in [-0.4, -0.2) is 49.4 Å². The highest BCUT2D eigenvalue weighted by Gasteiger charge is 2.27. The van der Waals surface area contributed by atoms with E-state index >= 15 is 0 Å². The van der Waals surface area contributed by atoms with Crippen molar-refractivity contribution in [1.82, 2.24) is 24.6 Å². The van der Waals surface area contributed by atoms with E-state index in [2.05, 4.69) is 20.4 Å². The van der Waals surface area contributed by atoms with Gasteiger partial charge in [-0.3, -0.25) is 4.68 Å². The Labute approximate surface area is 176 Å². The Bertz CT molecular complexity index is 1050. The summed E-state index contributed by atoms with van der Waals surface area (Å²) in [6.45, 7) is 9.02. The van der Waals surface area contributed by atoms with E-state index in [1.807, 2.05) is 63.0 Å². The van der Waals surface area contributed by atoms with Crippen LogP contribution in [0.2, 0.25) is 0 Å². The minimum atomic E-state index is -0.472. The zero-order chi connectivity index (χ0) is 21.3. The van der Waals surface area contributed by atoms with Gasteiger partial charge in [-0.05, 0) is 46.1 Å². The Kier molecular flexibility index (Phi) is 5.32. The molecular weight excluding hydrogens is 380 g/mol. The van der Waals surface area contributed by atoms with Crippen LogP contribution < -0.4 is 5.32 Å². The largest absolute Gasteiger partial charge is 0.444 e. The van der Waals surface area contributed by atoms with Crippen molar-refractivity contribution in [2.24, 2.45) is 0 Å². The van der Waals surface area contributed by atoms with Gasteiger partial charge < -0.3 is 15.0 Å². The Morgan fingerprint density at radius 2 is 1.97 bits per heavy atom. The Balaban J connectivity index is 1.38. The summed E-state index contributed by atoms with van der Waals surface area (Å²) in [7, 11) is 0. The van der Waals surface area contributed by atoms with Crippen molar-refractivity contribution in [2.75, 3.05) is 18.4 Å². The summed E-state index contributed by atoms with van der Waals surface area (Å²) in [6.07, 6.45) is 7.02. The number of carbonyl (C=O) groups is 1. The quantitative estimate of drug-likeness (QED) is 0.689. The second-order valence-corrected chi connectivity index (χ2v) is 8.74. The number of aryl methyl sites for hydroxylation is 1. The molecule has 2 aromatic heterocycles. The average Bonchev–Trinajstić information content (AvgIpc) is 3.16. The van der Waals surface area contributed by atoms with E-state index in [1.165, 1.54) is 0 Å². The van der Waals surface area contributed by atoms with Crippen LogP contribution in [0, 0.1) is 6.92 Å². The number of ether oxygens (including phenoxy) is 1. The fourth-order valence-corrected chi connectivity index (χ4v) is 3.64. The molecule has 8 heteroatoms. The van der Waals surface area contributed by atoms with E-state index in [0.717, 1.165) is 35.0 Å². The number of likely N-dealkylation sites (tertiary alicyclic amines) is 1. The summed E-state index contributed by atoms with van der Waals surface area (Å²) in [5.74, 6) is 0.552. The first-order chi connectivity index (χ1) is 14.3. The van der Waals surface area contributed by atoms with Gasteiger partial charge in [0.2, 0.25) is 5.95 Å². The van der Waals surface area contributed by atoms with Crippen LogP contribution in [-0.2, 0) is 4.74 Å². The maximum atomic E-state index is 12.2. The molecule has 3 heterocycles. The minimum Gasteiger partial charge on any atom is -0.444 e. The van der Waals surface area contributed by atoms with Gasteiger partial charge in [0.1, 0.15) is 5.60 Å². The molecule has 3 aromatic rings. The fraction of sp³-hybridized carbons (Fsp3) is 0.455. The predicted octanol–water partition coefficient (Wildman–Crippen LogP) is 4.45. The molecule has 0 unspecified atom stereocenters. The standard InChI is InChI=1S/C22H28N6O2/c1-15-6-5-7-16-12-23-20(26-19(15)16)25-17-13-24-28(14-17)18-8-10-27(11-9-18)21(29)30-22(2,3)4/h5-7,12-14,18H,8-11H2,1-4H3,(H,23,25,26). The van der Waals surface area contributed by atoms with Crippen molar-refractivity contribution in [1.29, 1.82) is 0 Å². The summed E-state index contributed by atoms with van der Waals surface area (Å²) in [6, 6.07) is 6.31. The number of piperidine rings is 1. The van der Waals surface area contributed by atoms with Gasteiger partial charge >= 0.3 is 6.09 Å². The van der Waals surface area contributed by atoms with Gasteiger partial charge in [-0.15, -0.1) is 0 Å². The Hall–Kier alpha value is -3.16.